The van der Waals surface area contributed by atoms with Crippen LogP contribution >= 0.6 is 15.9 Å². The molecule has 0 aromatic heterocycles. The van der Waals surface area contributed by atoms with Gasteiger partial charge in [-0.1, -0.05) is 34.1 Å². The van der Waals surface area contributed by atoms with Crippen molar-refractivity contribution in [1.29, 1.82) is 0 Å². The number of benzene rings is 2. The minimum Gasteiger partial charge on any atom is -0.497 e. The van der Waals surface area contributed by atoms with Gasteiger partial charge in [0.25, 0.3) is 0 Å². The molecule has 2 rings (SSSR count). The highest BCUT2D eigenvalue weighted by molar-refractivity contribution is 9.10. The lowest BCUT2D eigenvalue weighted by atomic mass is 10.2. The fourth-order valence-corrected chi connectivity index (χ4v) is 2.26. The molecule has 0 saturated carbocycles. The van der Waals surface area contributed by atoms with Crippen molar-refractivity contribution in [3.05, 3.63) is 58.6 Å². The second kappa shape index (κ2) is 7.81. The maximum atomic E-state index is 11.8. The molecule has 2 N–H and O–H groups in total. The van der Waals surface area contributed by atoms with Crippen molar-refractivity contribution in [1.82, 2.24) is 5.32 Å². The summed E-state index contributed by atoms with van der Waals surface area (Å²) in [5.74, 6) is 0.687. The molecule has 0 radical (unpaired) electrons. The number of amides is 1. The van der Waals surface area contributed by atoms with Gasteiger partial charge in [0.15, 0.2) is 0 Å². The molecule has 0 aliphatic heterocycles. The third kappa shape index (κ3) is 4.88. The largest absolute Gasteiger partial charge is 0.497 e. The monoisotopic (exact) mass is 348 g/mol. The summed E-state index contributed by atoms with van der Waals surface area (Å²) in [5, 5.41) is 5.94. The first kappa shape index (κ1) is 15.5. The van der Waals surface area contributed by atoms with Gasteiger partial charge in [0.2, 0.25) is 5.91 Å². The molecule has 110 valence electrons. The van der Waals surface area contributed by atoms with Crippen LogP contribution in [0.5, 0.6) is 5.75 Å². The van der Waals surface area contributed by atoms with Crippen LogP contribution in [0.15, 0.2) is 53.0 Å². The number of ether oxygens (including phenoxy) is 1. The summed E-state index contributed by atoms with van der Waals surface area (Å²) in [6.45, 7) is 0.894. The van der Waals surface area contributed by atoms with Gasteiger partial charge in [0, 0.05) is 16.7 Å². The number of halogens is 1. The fourth-order valence-electron chi connectivity index (χ4n) is 1.83. The second-order valence-corrected chi connectivity index (χ2v) is 5.33. The predicted octanol–water partition coefficient (Wildman–Crippen LogP) is 3.19. The molecule has 0 spiro atoms. The minimum atomic E-state index is -0.0766. The lowest BCUT2D eigenvalue weighted by molar-refractivity contribution is -0.115. The molecule has 5 heteroatoms. The van der Waals surface area contributed by atoms with E-state index < -0.39 is 0 Å². The second-order valence-electron chi connectivity index (χ2n) is 4.47. The highest BCUT2D eigenvalue weighted by Crippen LogP contribution is 2.16. The predicted molar refractivity (Wildman–Crippen MR) is 87.5 cm³/mol. The number of anilines is 1. The summed E-state index contributed by atoms with van der Waals surface area (Å²) in [4.78, 5) is 11.8. The Labute approximate surface area is 132 Å². The number of carbonyl (C=O) groups excluding carboxylic acids is 1. The normalized spacial score (nSPS) is 10.2. The number of hydrogen-bond acceptors (Lipinski definition) is 3. The lowest BCUT2D eigenvalue weighted by Gasteiger charge is -2.08. The van der Waals surface area contributed by atoms with Gasteiger partial charge in [-0.2, -0.15) is 0 Å². The zero-order valence-corrected chi connectivity index (χ0v) is 13.3. The number of hydrogen-bond donors (Lipinski definition) is 2. The van der Waals surface area contributed by atoms with E-state index in [0.717, 1.165) is 21.5 Å². The maximum Gasteiger partial charge on any atom is 0.238 e. The topological polar surface area (TPSA) is 50.4 Å². The van der Waals surface area contributed by atoms with E-state index in [1.54, 1.807) is 7.11 Å². The molecule has 0 heterocycles. The Bertz CT molecular complexity index is 599. The van der Waals surface area contributed by atoms with Crippen molar-refractivity contribution in [3.8, 4) is 5.75 Å². The first-order valence-corrected chi connectivity index (χ1v) is 7.36. The SMILES string of the molecule is COc1ccc(NC(=O)CNCc2ccccc2Br)cc1. The van der Waals surface area contributed by atoms with Crippen LogP contribution in [0.25, 0.3) is 0 Å². The minimum absolute atomic E-state index is 0.0766. The fraction of sp³-hybridized carbons (Fsp3) is 0.188. The Kier molecular flexibility index (Phi) is 5.78. The number of methoxy groups -OCH3 is 1. The van der Waals surface area contributed by atoms with Gasteiger partial charge >= 0.3 is 0 Å². The molecule has 0 aliphatic carbocycles. The molecule has 0 unspecified atom stereocenters. The van der Waals surface area contributed by atoms with Gasteiger partial charge in [0.05, 0.1) is 13.7 Å². The molecular formula is C16H17BrN2O2. The van der Waals surface area contributed by atoms with Crippen molar-refractivity contribution in [3.63, 3.8) is 0 Å². The molecule has 0 fully saturated rings. The third-order valence-electron chi connectivity index (χ3n) is 2.93. The van der Waals surface area contributed by atoms with Gasteiger partial charge in [-0.05, 0) is 35.9 Å². The van der Waals surface area contributed by atoms with E-state index in [2.05, 4.69) is 26.6 Å². The molecule has 0 aliphatic rings. The zero-order chi connectivity index (χ0) is 15.1. The smallest absolute Gasteiger partial charge is 0.238 e. The van der Waals surface area contributed by atoms with E-state index in [1.807, 2.05) is 48.5 Å². The van der Waals surface area contributed by atoms with E-state index in [1.165, 1.54) is 0 Å². The van der Waals surface area contributed by atoms with Gasteiger partial charge in [0.1, 0.15) is 5.75 Å². The molecule has 4 nitrogen and oxygen atoms in total. The molecule has 21 heavy (non-hydrogen) atoms. The zero-order valence-electron chi connectivity index (χ0n) is 11.7. The van der Waals surface area contributed by atoms with Crippen LogP contribution in [0.3, 0.4) is 0 Å². The molecule has 0 atom stereocenters. The quantitative estimate of drug-likeness (QED) is 0.842. The molecular weight excluding hydrogens is 332 g/mol. The van der Waals surface area contributed by atoms with E-state index in [9.17, 15) is 4.79 Å². The van der Waals surface area contributed by atoms with Gasteiger partial charge < -0.3 is 15.4 Å². The Morgan fingerprint density at radius 2 is 1.86 bits per heavy atom. The van der Waals surface area contributed by atoms with Crippen molar-refractivity contribution in [2.75, 3.05) is 19.0 Å². The highest BCUT2D eigenvalue weighted by atomic mass is 79.9. The summed E-state index contributed by atoms with van der Waals surface area (Å²) < 4.78 is 6.10. The molecule has 2 aromatic carbocycles. The van der Waals surface area contributed by atoms with Crippen LogP contribution in [0.1, 0.15) is 5.56 Å². The first-order chi connectivity index (χ1) is 10.2. The summed E-state index contributed by atoms with van der Waals surface area (Å²) in [5.41, 5.74) is 1.87. The van der Waals surface area contributed by atoms with E-state index in [4.69, 9.17) is 4.74 Å². The number of rotatable bonds is 6. The highest BCUT2D eigenvalue weighted by Gasteiger charge is 2.03. The standard InChI is InChI=1S/C16H17BrN2O2/c1-21-14-8-6-13(7-9-14)19-16(20)11-18-10-12-4-2-3-5-15(12)17/h2-9,18H,10-11H2,1H3,(H,19,20). The summed E-state index contributed by atoms with van der Waals surface area (Å²) in [6.07, 6.45) is 0. The average Bonchev–Trinajstić information content (AvgIpc) is 2.50. The van der Waals surface area contributed by atoms with Crippen LogP contribution in [-0.4, -0.2) is 19.6 Å². The Hall–Kier alpha value is -1.85. The average molecular weight is 349 g/mol. The van der Waals surface area contributed by atoms with Crippen molar-refractivity contribution in [2.45, 2.75) is 6.54 Å². The Balaban J connectivity index is 1.78. The summed E-state index contributed by atoms with van der Waals surface area (Å²) in [7, 11) is 1.61. The van der Waals surface area contributed by atoms with Crippen LogP contribution < -0.4 is 15.4 Å². The van der Waals surface area contributed by atoms with Gasteiger partial charge in [-0.25, -0.2) is 0 Å². The van der Waals surface area contributed by atoms with Crippen LogP contribution in [0.4, 0.5) is 5.69 Å². The van der Waals surface area contributed by atoms with Crippen LogP contribution in [0, 0.1) is 0 Å². The molecule has 0 bridgehead atoms. The number of carbonyl (C=O) groups is 1. The lowest BCUT2D eigenvalue weighted by Crippen LogP contribution is -2.27. The molecule has 2 aromatic rings. The van der Waals surface area contributed by atoms with Crippen LogP contribution in [0.2, 0.25) is 0 Å². The number of nitrogens with one attached hydrogen (secondary N) is 2. The van der Waals surface area contributed by atoms with E-state index in [0.29, 0.717) is 6.54 Å². The Morgan fingerprint density at radius 1 is 1.14 bits per heavy atom. The van der Waals surface area contributed by atoms with Gasteiger partial charge in [-0.15, -0.1) is 0 Å². The van der Waals surface area contributed by atoms with Crippen molar-refractivity contribution in [2.24, 2.45) is 0 Å². The molecule has 1 amide bonds. The van der Waals surface area contributed by atoms with Crippen molar-refractivity contribution < 1.29 is 9.53 Å². The summed E-state index contributed by atoms with van der Waals surface area (Å²) >= 11 is 3.48. The third-order valence-corrected chi connectivity index (χ3v) is 3.71. The molecule has 0 saturated heterocycles. The van der Waals surface area contributed by atoms with E-state index in [-0.39, 0.29) is 12.5 Å². The maximum absolute atomic E-state index is 11.8. The van der Waals surface area contributed by atoms with Crippen LogP contribution in [-0.2, 0) is 11.3 Å². The Morgan fingerprint density at radius 3 is 2.52 bits per heavy atom. The van der Waals surface area contributed by atoms with Crippen molar-refractivity contribution >= 4 is 27.5 Å². The first-order valence-electron chi connectivity index (χ1n) is 6.57. The van der Waals surface area contributed by atoms with Gasteiger partial charge in [-0.3, -0.25) is 4.79 Å². The van der Waals surface area contributed by atoms with E-state index >= 15 is 0 Å². The summed E-state index contributed by atoms with van der Waals surface area (Å²) in [6, 6.07) is 15.2.